The van der Waals surface area contributed by atoms with E-state index in [1.807, 2.05) is 19.1 Å². The van der Waals surface area contributed by atoms with Gasteiger partial charge in [-0.1, -0.05) is 13.0 Å². The quantitative estimate of drug-likeness (QED) is 0.658. The summed E-state index contributed by atoms with van der Waals surface area (Å²) in [4.78, 5) is 19.6. The van der Waals surface area contributed by atoms with Crippen LogP contribution in [0.2, 0.25) is 0 Å². The highest BCUT2D eigenvalue weighted by Gasteiger charge is 2.29. The van der Waals surface area contributed by atoms with E-state index in [1.54, 1.807) is 12.4 Å². The molecule has 0 aliphatic heterocycles. The number of nitriles is 1. The Morgan fingerprint density at radius 3 is 3.04 bits per heavy atom. The molecule has 0 spiro atoms. The third kappa shape index (κ3) is 3.38. The molecule has 4 rings (SSSR count). The van der Waals surface area contributed by atoms with Gasteiger partial charge in [-0.3, -0.25) is 4.79 Å². The molecule has 0 fully saturated rings. The molecule has 3 aromatic rings. The first-order valence-corrected chi connectivity index (χ1v) is 9.81. The minimum Gasteiger partial charge on any atom is -0.352 e. The fourth-order valence-electron chi connectivity index (χ4n) is 4.37. The molecule has 5 heteroatoms. The van der Waals surface area contributed by atoms with Crippen molar-refractivity contribution in [2.24, 2.45) is 5.92 Å². The Morgan fingerprint density at radius 2 is 2.21 bits per heavy atom. The second kappa shape index (κ2) is 7.47. The Hall–Kier alpha value is -3.13. The van der Waals surface area contributed by atoms with E-state index in [0.29, 0.717) is 23.9 Å². The van der Waals surface area contributed by atoms with Crippen LogP contribution in [0.1, 0.15) is 58.3 Å². The molecule has 142 valence electrons. The van der Waals surface area contributed by atoms with Crippen LogP contribution in [0.4, 0.5) is 0 Å². The standard InChI is InChI=1S/C23H24N4O/c1-14-8-17-9-15(2)19(20(17)10-18(14)12-24)4-3-7-25-23(28)16-5-6-21-22(11-16)27-13-26-21/h5-6,8,10-11,13,15,19H,3-4,7,9H2,1-2H3,(H,25,28)(H,26,27)/t15-,19-/m1/s1. The lowest BCUT2D eigenvalue weighted by Gasteiger charge is -2.17. The monoisotopic (exact) mass is 372 g/mol. The Kier molecular flexibility index (Phi) is 4.87. The van der Waals surface area contributed by atoms with Crippen LogP contribution in [0.5, 0.6) is 0 Å². The van der Waals surface area contributed by atoms with Gasteiger partial charge in [0.05, 0.1) is 29.0 Å². The van der Waals surface area contributed by atoms with E-state index in [0.717, 1.165) is 41.4 Å². The van der Waals surface area contributed by atoms with Crippen molar-refractivity contribution < 1.29 is 4.79 Å². The van der Waals surface area contributed by atoms with Crippen molar-refractivity contribution in [1.82, 2.24) is 15.3 Å². The fraction of sp³-hybridized carbons (Fsp3) is 0.348. The van der Waals surface area contributed by atoms with Crippen molar-refractivity contribution >= 4 is 16.9 Å². The molecule has 2 aromatic carbocycles. The zero-order valence-electron chi connectivity index (χ0n) is 16.2. The van der Waals surface area contributed by atoms with Gasteiger partial charge >= 0.3 is 0 Å². The molecule has 2 N–H and O–H groups in total. The summed E-state index contributed by atoms with van der Waals surface area (Å²) in [7, 11) is 0. The van der Waals surface area contributed by atoms with Gasteiger partial charge in [0.15, 0.2) is 0 Å². The molecule has 1 amide bonds. The first kappa shape index (κ1) is 18.2. The van der Waals surface area contributed by atoms with E-state index >= 15 is 0 Å². The Labute approximate surface area is 164 Å². The summed E-state index contributed by atoms with van der Waals surface area (Å²) in [5.41, 5.74) is 6.92. The molecule has 28 heavy (non-hydrogen) atoms. The van der Waals surface area contributed by atoms with Gasteiger partial charge in [-0.15, -0.1) is 0 Å². The van der Waals surface area contributed by atoms with Crippen LogP contribution in [0.25, 0.3) is 11.0 Å². The van der Waals surface area contributed by atoms with Crippen LogP contribution in [0.3, 0.4) is 0 Å². The second-order valence-corrected chi connectivity index (χ2v) is 7.80. The Balaban J connectivity index is 1.35. The number of benzene rings is 2. The lowest BCUT2D eigenvalue weighted by Crippen LogP contribution is -2.24. The number of aromatic nitrogens is 2. The highest BCUT2D eigenvalue weighted by Crippen LogP contribution is 2.41. The maximum Gasteiger partial charge on any atom is 0.251 e. The van der Waals surface area contributed by atoms with Crippen LogP contribution < -0.4 is 5.32 Å². The van der Waals surface area contributed by atoms with Crippen LogP contribution in [-0.4, -0.2) is 22.4 Å². The van der Waals surface area contributed by atoms with Gasteiger partial charge in [0.1, 0.15) is 0 Å². The van der Waals surface area contributed by atoms with Crippen LogP contribution >= 0.6 is 0 Å². The number of rotatable bonds is 5. The number of carbonyl (C=O) groups excluding carboxylic acids is 1. The first-order valence-electron chi connectivity index (χ1n) is 9.81. The third-order valence-electron chi connectivity index (χ3n) is 5.89. The smallest absolute Gasteiger partial charge is 0.251 e. The van der Waals surface area contributed by atoms with Gasteiger partial charge in [0.2, 0.25) is 0 Å². The molecule has 5 nitrogen and oxygen atoms in total. The normalized spacial score (nSPS) is 18.0. The molecule has 1 heterocycles. The number of aryl methyl sites for hydroxylation is 1. The van der Waals surface area contributed by atoms with Gasteiger partial charge in [-0.05, 0) is 79.0 Å². The molecule has 2 atom stereocenters. The van der Waals surface area contributed by atoms with E-state index in [9.17, 15) is 10.1 Å². The molecule has 0 radical (unpaired) electrons. The number of aromatic amines is 1. The minimum atomic E-state index is -0.0567. The number of fused-ring (bicyclic) bond motifs is 2. The number of nitrogens with one attached hydrogen (secondary N) is 2. The van der Waals surface area contributed by atoms with Crippen LogP contribution in [0, 0.1) is 24.2 Å². The average Bonchev–Trinajstić information content (AvgIpc) is 3.27. The third-order valence-corrected chi connectivity index (χ3v) is 5.89. The van der Waals surface area contributed by atoms with Gasteiger partial charge in [0, 0.05) is 12.1 Å². The highest BCUT2D eigenvalue weighted by atomic mass is 16.1. The van der Waals surface area contributed by atoms with Crippen molar-refractivity contribution in [3.05, 3.63) is 64.5 Å². The molecular formula is C23H24N4O. The fourth-order valence-corrected chi connectivity index (χ4v) is 4.37. The number of amides is 1. The second-order valence-electron chi connectivity index (χ2n) is 7.80. The number of H-pyrrole nitrogens is 1. The lowest BCUT2D eigenvalue weighted by atomic mass is 9.88. The zero-order chi connectivity index (χ0) is 19.7. The van der Waals surface area contributed by atoms with Crippen molar-refractivity contribution in [1.29, 1.82) is 5.26 Å². The average molecular weight is 372 g/mol. The minimum absolute atomic E-state index is 0.0567. The van der Waals surface area contributed by atoms with E-state index in [4.69, 9.17) is 0 Å². The van der Waals surface area contributed by atoms with Gasteiger partial charge in [0.25, 0.3) is 5.91 Å². The maximum atomic E-state index is 12.4. The number of hydrogen-bond acceptors (Lipinski definition) is 3. The van der Waals surface area contributed by atoms with Crippen LogP contribution in [0.15, 0.2) is 36.7 Å². The van der Waals surface area contributed by atoms with Crippen molar-refractivity contribution in [2.45, 2.75) is 39.0 Å². The summed E-state index contributed by atoms with van der Waals surface area (Å²) in [5.74, 6) is 0.974. The molecule has 0 saturated heterocycles. The summed E-state index contributed by atoms with van der Waals surface area (Å²) < 4.78 is 0. The summed E-state index contributed by atoms with van der Waals surface area (Å²) in [6, 6.07) is 12.1. The maximum absolute atomic E-state index is 12.4. The number of imidazole rings is 1. The van der Waals surface area contributed by atoms with Crippen molar-refractivity contribution in [3.8, 4) is 6.07 Å². The molecule has 1 aliphatic carbocycles. The first-order chi connectivity index (χ1) is 13.6. The van der Waals surface area contributed by atoms with Crippen molar-refractivity contribution in [2.75, 3.05) is 6.54 Å². The number of carbonyl (C=O) groups is 1. The lowest BCUT2D eigenvalue weighted by molar-refractivity contribution is 0.0952. The molecule has 0 saturated carbocycles. The topological polar surface area (TPSA) is 81.6 Å². The molecule has 0 unspecified atom stereocenters. The van der Waals surface area contributed by atoms with E-state index in [2.05, 4.69) is 40.4 Å². The molecule has 0 bridgehead atoms. The summed E-state index contributed by atoms with van der Waals surface area (Å²) in [5, 5.41) is 12.4. The molecular weight excluding hydrogens is 348 g/mol. The van der Waals surface area contributed by atoms with Gasteiger partial charge in [-0.25, -0.2) is 4.98 Å². The Morgan fingerprint density at radius 1 is 1.36 bits per heavy atom. The zero-order valence-corrected chi connectivity index (χ0v) is 16.2. The number of nitrogens with zero attached hydrogens (tertiary/aromatic N) is 2. The predicted molar refractivity (Wildman–Crippen MR) is 109 cm³/mol. The summed E-state index contributed by atoms with van der Waals surface area (Å²) >= 11 is 0. The molecule has 1 aromatic heterocycles. The van der Waals surface area contributed by atoms with Crippen LogP contribution in [-0.2, 0) is 6.42 Å². The predicted octanol–water partition coefficient (Wildman–Crippen LogP) is 4.23. The largest absolute Gasteiger partial charge is 0.352 e. The molecule has 1 aliphatic rings. The number of hydrogen-bond donors (Lipinski definition) is 2. The van der Waals surface area contributed by atoms with E-state index in [1.165, 1.54) is 11.1 Å². The van der Waals surface area contributed by atoms with Gasteiger partial charge < -0.3 is 10.3 Å². The summed E-state index contributed by atoms with van der Waals surface area (Å²) in [6.45, 7) is 4.94. The van der Waals surface area contributed by atoms with Crippen molar-refractivity contribution in [3.63, 3.8) is 0 Å². The van der Waals surface area contributed by atoms with E-state index < -0.39 is 0 Å². The summed E-state index contributed by atoms with van der Waals surface area (Å²) in [6.07, 6.45) is 4.64. The SMILES string of the molecule is Cc1cc2c(cc1C#N)[C@H](CCCNC(=O)c1ccc3nc[nH]c3c1)[C@H](C)C2. The Bertz CT molecular complexity index is 1080. The van der Waals surface area contributed by atoms with E-state index in [-0.39, 0.29) is 5.91 Å². The van der Waals surface area contributed by atoms with Gasteiger partial charge in [-0.2, -0.15) is 5.26 Å². The highest BCUT2D eigenvalue weighted by molar-refractivity contribution is 5.97.